The van der Waals surface area contributed by atoms with E-state index in [1.54, 1.807) is 16.7 Å². The fourth-order valence-corrected chi connectivity index (χ4v) is 6.65. The Bertz CT molecular complexity index is 942. The van der Waals surface area contributed by atoms with E-state index in [4.69, 9.17) is 0 Å². The van der Waals surface area contributed by atoms with Crippen molar-refractivity contribution in [2.24, 2.45) is 11.8 Å². The molecular formula is C23H29N3O3S. The molecule has 2 N–H and O–H groups in total. The molecule has 1 spiro atoms. The van der Waals surface area contributed by atoms with Crippen LogP contribution in [0.5, 0.6) is 0 Å². The molecular weight excluding hydrogens is 398 g/mol. The van der Waals surface area contributed by atoms with Crippen LogP contribution in [0.15, 0.2) is 12.1 Å². The van der Waals surface area contributed by atoms with Crippen LogP contribution in [0.3, 0.4) is 0 Å². The topological polar surface area (TPSA) is 78.5 Å². The molecule has 5 rings (SSSR count). The van der Waals surface area contributed by atoms with Crippen molar-refractivity contribution in [1.29, 1.82) is 0 Å². The second-order valence-corrected chi connectivity index (χ2v) is 10.2. The van der Waals surface area contributed by atoms with Crippen LogP contribution in [0.1, 0.15) is 48.8 Å². The number of carbonyl (C=O) groups is 3. The molecule has 160 valence electrons. The van der Waals surface area contributed by atoms with Gasteiger partial charge in [-0.3, -0.25) is 24.6 Å². The summed E-state index contributed by atoms with van der Waals surface area (Å²) in [6.45, 7) is 4.02. The Morgan fingerprint density at radius 2 is 1.87 bits per heavy atom. The Labute approximate surface area is 181 Å². The Morgan fingerprint density at radius 1 is 1.13 bits per heavy atom. The Hall–Kier alpha value is -1.86. The average molecular weight is 428 g/mol. The van der Waals surface area contributed by atoms with Gasteiger partial charge in [-0.05, 0) is 56.2 Å². The number of benzene rings is 1. The van der Waals surface area contributed by atoms with Crippen molar-refractivity contribution in [3.8, 4) is 0 Å². The number of thioether (sulfide) groups is 1. The molecule has 30 heavy (non-hydrogen) atoms. The maximum Gasteiger partial charge on any atom is 0.250 e. The summed E-state index contributed by atoms with van der Waals surface area (Å²) in [4.78, 5) is 42.4. The number of carbonyl (C=O) groups excluding carboxylic acids is 3. The molecule has 0 bridgehead atoms. The number of rotatable bonds is 4. The Balaban J connectivity index is 1.64. The van der Waals surface area contributed by atoms with Crippen molar-refractivity contribution >= 4 is 35.2 Å². The number of nitrogens with zero attached hydrogens (tertiary/aromatic N) is 1. The van der Waals surface area contributed by atoms with E-state index in [1.165, 1.54) is 0 Å². The SMILES string of the molecule is CSCC[C@H]1N[C@]2(C(=O)Nc3c2ccc(C)c3C)[C@@H]2C(=O)N(C3CCCC3)C(=O)[C@@H]21. The number of likely N-dealkylation sites (tertiary alicyclic amines) is 1. The van der Waals surface area contributed by atoms with Gasteiger partial charge in [-0.2, -0.15) is 11.8 Å². The van der Waals surface area contributed by atoms with Gasteiger partial charge in [0, 0.05) is 23.3 Å². The highest BCUT2D eigenvalue weighted by Gasteiger charge is 2.70. The smallest absolute Gasteiger partial charge is 0.250 e. The molecule has 3 fully saturated rings. The predicted molar refractivity (Wildman–Crippen MR) is 117 cm³/mol. The minimum absolute atomic E-state index is 0.00228. The summed E-state index contributed by atoms with van der Waals surface area (Å²) in [5.41, 5.74) is 2.60. The summed E-state index contributed by atoms with van der Waals surface area (Å²) < 4.78 is 0. The van der Waals surface area contributed by atoms with Crippen molar-refractivity contribution in [3.63, 3.8) is 0 Å². The first kappa shape index (κ1) is 20.1. The molecule has 0 aromatic heterocycles. The van der Waals surface area contributed by atoms with Gasteiger partial charge in [0.05, 0.1) is 11.8 Å². The maximum absolute atomic E-state index is 13.8. The van der Waals surface area contributed by atoms with Crippen molar-refractivity contribution in [3.05, 3.63) is 28.8 Å². The average Bonchev–Trinajstić information content (AvgIpc) is 3.46. The zero-order chi connectivity index (χ0) is 21.2. The molecule has 1 aliphatic carbocycles. The first-order chi connectivity index (χ1) is 14.4. The molecule has 3 amide bonds. The molecule has 2 saturated heterocycles. The summed E-state index contributed by atoms with van der Waals surface area (Å²) in [5, 5.41) is 6.59. The molecule has 3 aliphatic heterocycles. The highest BCUT2D eigenvalue weighted by Crippen LogP contribution is 2.55. The summed E-state index contributed by atoms with van der Waals surface area (Å²) in [5.74, 6) is -0.676. The fraction of sp³-hybridized carbons (Fsp3) is 0.609. The van der Waals surface area contributed by atoms with Crippen molar-refractivity contribution in [2.45, 2.75) is 63.6 Å². The number of nitrogens with one attached hydrogen (secondary N) is 2. The van der Waals surface area contributed by atoms with Gasteiger partial charge in [0.15, 0.2) is 0 Å². The monoisotopic (exact) mass is 427 g/mol. The third kappa shape index (κ3) is 2.51. The molecule has 0 radical (unpaired) electrons. The molecule has 1 aromatic rings. The lowest BCUT2D eigenvalue weighted by Crippen LogP contribution is -2.54. The molecule has 1 aromatic carbocycles. The van der Waals surface area contributed by atoms with Gasteiger partial charge in [-0.15, -0.1) is 0 Å². The largest absolute Gasteiger partial charge is 0.324 e. The zero-order valence-electron chi connectivity index (χ0n) is 17.8. The van der Waals surface area contributed by atoms with Crippen LogP contribution in [0, 0.1) is 25.7 Å². The standard InChI is InChI=1S/C23H29N3O3S/c1-12-8-9-15-19(13(12)2)24-22(29)23(15)18-17(16(25-23)10-11-30-3)20(27)26(21(18)28)14-6-4-5-7-14/h8-9,14,16-18,25H,4-7,10-11H2,1-3H3,(H,24,29)/t16-,17-,18+,23+/m1/s1. The highest BCUT2D eigenvalue weighted by atomic mass is 32.2. The normalized spacial score (nSPS) is 33.0. The van der Waals surface area contributed by atoms with Gasteiger partial charge in [-0.1, -0.05) is 25.0 Å². The highest BCUT2D eigenvalue weighted by molar-refractivity contribution is 7.98. The first-order valence-electron chi connectivity index (χ1n) is 11.0. The van der Waals surface area contributed by atoms with E-state index in [2.05, 4.69) is 10.6 Å². The van der Waals surface area contributed by atoms with E-state index in [-0.39, 0.29) is 29.8 Å². The number of anilines is 1. The quantitative estimate of drug-likeness (QED) is 0.723. The van der Waals surface area contributed by atoms with Gasteiger partial charge < -0.3 is 5.32 Å². The maximum atomic E-state index is 13.8. The van der Waals surface area contributed by atoms with Crippen LogP contribution in [0.4, 0.5) is 5.69 Å². The van der Waals surface area contributed by atoms with E-state index in [9.17, 15) is 14.4 Å². The zero-order valence-corrected chi connectivity index (χ0v) is 18.6. The summed E-state index contributed by atoms with van der Waals surface area (Å²) in [6.07, 6.45) is 6.67. The van der Waals surface area contributed by atoms with E-state index in [1.807, 2.05) is 32.2 Å². The van der Waals surface area contributed by atoms with Gasteiger partial charge >= 0.3 is 0 Å². The Kier molecular flexibility index (Phi) is 4.74. The van der Waals surface area contributed by atoms with E-state index in [0.717, 1.165) is 60.2 Å². The third-order valence-electron chi connectivity index (χ3n) is 7.78. The number of hydrogen-bond donors (Lipinski definition) is 2. The third-order valence-corrected chi connectivity index (χ3v) is 8.42. The predicted octanol–water partition coefficient (Wildman–Crippen LogP) is 2.72. The van der Waals surface area contributed by atoms with Gasteiger partial charge in [0.1, 0.15) is 5.54 Å². The number of aryl methyl sites for hydroxylation is 1. The van der Waals surface area contributed by atoms with Gasteiger partial charge in [0.25, 0.3) is 0 Å². The van der Waals surface area contributed by atoms with Gasteiger partial charge in [-0.25, -0.2) is 0 Å². The lowest BCUT2D eigenvalue weighted by atomic mass is 9.76. The van der Waals surface area contributed by atoms with Crippen molar-refractivity contribution in [2.75, 3.05) is 17.3 Å². The molecule has 4 atom stereocenters. The molecule has 1 saturated carbocycles. The number of amides is 3. The minimum atomic E-state index is -1.15. The van der Waals surface area contributed by atoms with E-state index >= 15 is 0 Å². The lowest BCUT2D eigenvalue weighted by Gasteiger charge is -2.31. The van der Waals surface area contributed by atoms with Gasteiger partial charge in [0.2, 0.25) is 17.7 Å². The lowest BCUT2D eigenvalue weighted by molar-refractivity contribution is -0.145. The van der Waals surface area contributed by atoms with Crippen LogP contribution in [-0.4, -0.2) is 46.7 Å². The summed E-state index contributed by atoms with van der Waals surface area (Å²) >= 11 is 1.72. The summed E-state index contributed by atoms with van der Waals surface area (Å²) in [7, 11) is 0. The summed E-state index contributed by atoms with van der Waals surface area (Å²) in [6, 6.07) is 3.80. The van der Waals surface area contributed by atoms with Crippen LogP contribution < -0.4 is 10.6 Å². The van der Waals surface area contributed by atoms with E-state index < -0.39 is 17.4 Å². The van der Waals surface area contributed by atoms with Crippen LogP contribution in [0.25, 0.3) is 0 Å². The number of imide groups is 1. The Morgan fingerprint density at radius 3 is 2.57 bits per heavy atom. The molecule has 4 aliphatic rings. The molecule has 7 heteroatoms. The van der Waals surface area contributed by atoms with Crippen LogP contribution >= 0.6 is 11.8 Å². The molecule has 3 heterocycles. The van der Waals surface area contributed by atoms with Crippen molar-refractivity contribution in [1.82, 2.24) is 10.2 Å². The first-order valence-corrected chi connectivity index (χ1v) is 12.4. The molecule has 6 nitrogen and oxygen atoms in total. The van der Waals surface area contributed by atoms with Crippen LogP contribution in [0.2, 0.25) is 0 Å². The van der Waals surface area contributed by atoms with Crippen molar-refractivity contribution < 1.29 is 14.4 Å². The number of hydrogen-bond acceptors (Lipinski definition) is 5. The second kappa shape index (κ2) is 7.09. The molecule has 0 unspecified atom stereocenters. The fourth-order valence-electron chi connectivity index (χ4n) is 6.16. The number of fused-ring (bicyclic) bond motifs is 4. The van der Waals surface area contributed by atoms with Crippen LogP contribution in [-0.2, 0) is 19.9 Å². The minimum Gasteiger partial charge on any atom is -0.324 e. The second-order valence-electron chi connectivity index (χ2n) is 9.21. The van der Waals surface area contributed by atoms with E-state index in [0.29, 0.717) is 0 Å².